The molecule has 0 N–H and O–H groups in total. The molecular formula is C29H37IN2O6S. The van der Waals surface area contributed by atoms with Crippen LogP contribution < -0.4 is 4.74 Å². The van der Waals surface area contributed by atoms with Crippen molar-refractivity contribution in [2.45, 2.75) is 60.7 Å². The smallest absolute Gasteiger partial charge is 0.409 e. The first kappa shape index (κ1) is 28.6. The number of amides is 1. The molecule has 1 aromatic heterocycles. The molecule has 39 heavy (non-hydrogen) atoms. The Morgan fingerprint density at radius 1 is 1.21 bits per heavy atom. The Bertz CT molecular complexity index is 1280. The molecule has 3 aliphatic rings. The summed E-state index contributed by atoms with van der Waals surface area (Å²) in [5, 5.41) is 0. The quantitative estimate of drug-likeness (QED) is 0.296. The molecule has 1 atom stereocenters. The van der Waals surface area contributed by atoms with E-state index in [9.17, 15) is 13.2 Å². The van der Waals surface area contributed by atoms with Crippen LogP contribution in [0.15, 0.2) is 36.5 Å². The van der Waals surface area contributed by atoms with Crippen LogP contribution in [-0.4, -0.2) is 72.1 Å². The molecule has 212 valence electrons. The molecule has 0 radical (unpaired) electrons. The van der Waals surface area contributed by atoms with Crippen molar-refractivity contribution in [3.05, 3.63) is 47.7 Å². The first-order valence-electron chi connectivity index (χ1n) is 13.7. The van der Waals surface area contributed by atoms with Gasteiger partial charge in [0.25, 0.3) is 0 Å². The zero-order valence-electron chi connectivity index (χ0n) is 22.7. The van der Waals surface area contributed by atoms with Crippen molar-refractivity contribution in [3.63, 3.8) is 0 Å². The minimum absolute atomic E-state index is 0.00228. The number of rotatable bonds is 7. The highest BCUT2D eigenvalue weighted by Crippen LogP contribution is 2.40. The number of aryl methyl sites for hydroxylation is 1. The van der Waals surface area contributed by atoms with E-state index < -0.39 is 9.84 Å². The second-order valence-corrected chi connectivity index (χ2v) is 16.7. The number of hydrogen-bond donors (Lipinski definition) is 0. The molecule has 0 saturated carbocycles. The number of sulfone groups is 1. The van der Waals surface area contributed by atoms with E-state index in [1.165, 1.54) is 0 Å². The molecule has 2 saturated heterocycles. The highest BCUT2D eigenvalue weighted by molar-refractivity contribution is 14.1. The number of likely N-dealkylation sites (tertiary alicyclic amines) is 1. The minimum atomic E-state index is -3.20. The van der Waals surface area contributed by atoms with Crippen LogP contribution in [0.4, 0.5) is 4.79 Å². The summed E-state index contributed by atoms with van der Waals surface area (Å²) in [6, 6.07) is 9.90. The lowest BCUT2D eigenvalue weighted by Gasteiger charge is -2.44. The number of fused-ring (bicyclic) bond motifs is 1. The van der Waals surface area contributed by atoms with Gasteiger partial charge in [-0.15, -0.1) is 0 Å². The van der Waals surface area contributed by atoms with Crippen LogP contribution in [0.1, 0.15) is 50.7 Å². The fourth-order valence-corrected chi connectivity index (χ4v) is 7.45. The molecule has 0 aliphatic carbocycles. The average Bonchev–Trinajstić information content (AvgIpc) is 3.39. The summed E-state index contributed by atoms with van der Waals surface area (Å²) in [5.74, 6) is 1.16. The van der Waals surface area contributed by atoms with E-state index in [0.29, 0.717) is 38.5 Å². The second kappa shape index (κ2) is 11.5. The van der Waals surface area contributed by atoms with Gasteiger partial charge in [0, 0.05) is 44.3 Å². The molecule has 3 aliphatic heterocycles. The predicted molar refractivity (Wildman–Crippen MR) is 158 cm³/mol. The van der Waals surface area contributed by atoms with E-state index in [4.69, 9.17) is 14.2 Å². The molecule has 1 aromatic carbocycles. The molecule has 5 rings (SSSR count). The molecule has 1 unspecified atom stereocenters. The van der Waals surface area contributed by atoms with Crippen molar-refractivity contribution in [2.75, 3.05) is 38.7 Å². The van der Waals surface area contributed by atoms with E-state index in [-0.39, 0.29) is 32.5 Å². The maximum absolute atomic E-state index is 12.6. The standard InChI is InChI=1S/C29H37IN2O6S/c1-28(2,30)20-37-27(33)32-12-10-29(11-13-32)9-7-24-15-23(4-6-26(24)38-29)25-5-3-21(16-31-25)18-39(34,35)19-22-8-14-36-17-22/h3-6,15-16,22H,7-14,17-20H2,1-2H3. The molecule has 4 heterocycles. The Kier molecular flexibility index (Phi) is 8.45. The maximum Gasteiger partial charge on any atom is 0.409 e. The summed E-state index contributed by atoms with van der Waals surface area (Å²) in [6.07, 6.45) is 5.62. The lowest BCUT2D eigenvalue weighted by atomic mass is 9.83. The van der Waals surface area contributed by atoms with Crippen molar-refractivity contribution in [1.29, 1.82) is 0 Å². The Labute approximate surface area is 244 Å². The number of piperidine rings is 1. The number of aromatic nitrogens is 1. The lowest BCUT2D eigenvalue weighted by molar-refractivity contribution is -0.0146. The van der Waals surface area contributed by atoms with Gasteiger partial charge in [-0.25, -0.2) is 13.2 Å². The predicted octanol–water partition coefficient (Wildman–Crippen LogP) is 5.21. The van der Waals surface area contributed by atoms with E-state index in [0.717, 1.165) is 54.7 Å². The van der Waals surface area contributed by atoms with Crippen molar-refractivity contribution >= 4 is 38.5 Å². The number of benzene rings is 1. The first-order valence-corrected chi connectivity index (χ1v) is 16.6. The van der Waals surface area contributed by atoms with Gasteiger partial charge in [0.1, 0.15) is 18.0 Å². The Balaban J connectivity index is 1.17. The summed E-state index contributed by atoms with van der Waals surface area (Å²) in [4.78, 5) is 18.8. The molecule has 1 amide bonds. The van der Waals surface area contributed by atoms with Crippen molar-refractivity contribution < 1.29 is 27.4 Å². The third kappa shape index (κ3) is 7.43. The van der Waals surface area contributed by atoms with Gasteiger partial charge in [-0.3, -0.25) is 4.98 Å². The number of pyridine rings is 1. The van der Waals surface area contributed by atoms with Crippen LogP contribution in [0.2, 0.25) is 0 Å². The number of alkyl halides is 1. The van der Waals surface area contributed by atoms with Gasteiger partial charge in [-0.1, -0.05) is 28.7 Å². The van der Waals surface area contributed by atoms with Gasteiger partial charge in [0.2, 0.25) is 0 Å². The van der Waals surface area contributed by atoms with Gasteiger partial charge in [-0.05, 0) is 74.4 Å². The summed E-state index contributed by atoms with van der Waals surface area (Å²) in [5.41, 5.74) is 3.40. The fourth-order valence-electron chi connectivity index (χ4n) is 5.52. The average molecular weight is 669 g/mol. The Hall–Kier alpha value is -1.92. The van der Waals surface area contributed by atoms with Crippen LogP contribution in [0.5, 0.6) is 5.75 Å². The number of carbonyl (C=O) groups excluding carboxylic acids is 1. The van der Waals surface area contributed by atoms with Crippen molar-refractivity contribution in [1.82, 2.24) is 9.88 Å². The van der Waals surface area contributed by atoms with Gasteiger partial charge >= 0.3 is 6.09 Å². The summed E-state index contributed by atoms with van der Waals surface area (Å²) in [7, 11) is -3.20. The zero-order valence-corrected chi connectivity index (χ0v) is 25.6. The van der Waals surface area contributed by atoms with E-state index in [2.05, 4.69) is 33.6 Å². The van der Waals surface area contributed by atoms with Crippen LogP contribution in [0, 0.1) is 5.92 Å². The second-order valence-electron chi connectivity index (χ2n) is 11.7. The van der Waals surface area contributed by atoms with E-state index in [1.54, 1.807) is 11.1 Å². The summed E-state index contributed by atoms with van der Waals surface area (Å²) in [6.45, 7) is 6.92. The minimum Gasteiger partial charge on any atom is -0.487 e. The number of ether oxygens (including phenoxy) is 3. The van der Waals surface area contributed by atoms with Gasteiger partial charge in [0.05, 0.1) is 27.2 Å². The molecule has 0 bridgehead atoms. The summed E-state index contributed by atoms with van der Waals surface area (Å²) < 4.78 is 42.5. The Morgan fingerprint density at radius 2 is 2.00 bits per heavy atom. The third-order valence-electron chi connectivity index (χ3n) is 7.73. The SMILES string of the molecule is CC(C)(I)COC(=O)N1CCC2(CCc3cc(-c4ccc(CS(=O)(=O)CC5CCOC5)cn4)ccc3O2)CC1. The highest BCUT2D eigenvalue weighted by Gasteiger charge is 2.41. The van der Waals surface area contributed by atoms with E-state index in [1.807, 2.05) is 38.1 Å². The number of hydrogen-bond acceptors (Lipinski definition) is 7. The molecule has 8 nitrogen and oxygen atoms in total. The van der Waals surface area contributed by atoms with E-state index >= 15 is 0 Å². The third-order valence-corrected chi connectivity index (χ3v) is 9.79. The largest absolute Gasteiger partial charge is 0.487 e. The monoisotopic (exact) mass is 668 g/mol. The van der Waals surface area contributed by atoms with Gasteiger partial charge in [0.15, 0.2) is 9.84 Å². The fraction of sp³-hybridized carbons (Fsp3) is 0.586. The lowest BCUT2D eigenvalue weighted by Crippen LogP contribution is -2.51. The number of nitrogens with zero attached hydrogens (tertiary/aromatic N) is 2. The molecule has 2 aromatic rings. The van der Waals surface area contributed by atoms with Crippen LogP contribution >= 0.6 is 22.6 Å². The molecule has 10 heteroatoms. The number of halogens is 1. The van der Waals surface area contributed by atoms with Crippen LogP contribution in [0.25, 0.3) is 11.3 Å². The zero-order chi connectivity index (χ0) is 27.7. The van der Waals surface area contributed by atoms with Crippen molar-refractivity contribution in [3.8, 4) is 17.0 Å². The van der Waals surface area contributed by atoms with Crippen molar-refractivity contribution in [2.24, 2.45) is 5.92 Å². The van der Waals surface area contributed by atoms with Gasteiger partial charge < -0.3 is 19.1 Å². The number of carbonyl (C=O) groups is 1. The maximum atomic E-state index is 12.6. The highest BCUT2D eigenvalue weighted by atomic mass is 127. The normalized spacial score (nSPS) is 20.9. The van der Waals surface area contributed by atoms with Gasteiger partial charge in [-0.2, -0.15) is 0 Å². The van der Waals surface area contributed by atoms with Crippen LogP contribution in [-0.2, 0) is 31.5 Å². The molecule has 1 spiro atoms. The Morgan fingerprint density at radius 3 is 2.67 bits per heavy atom. The molecule has 2 fully saturated rings. The first-order chi connectivity index (χ1) is 18.5. The summed E-state index contributed by atoms with van der Waals surface area (Å²) >= 11 is 2.29. The molecular weight excluding hydrogens is 631 g/mol. The topological polar surface area (TPSA) is 95.0 Å². The van der Waals surface area contributed by atoms with Crippen LogP contribution in [0.3, 0.4) is 0 Å².